The topological polar surface area (TPSA) is 133 Å². The number of fused-ring (bicyclic) bond motifs is 1. The first-order valence-electron chi connectivity index (χ1n) is 10.0. The molecule has 0 spiro atoms. The van der Waals surface area contributed by atoms with Gasteiger partial charge in [-0.25, -0.2) is 9.18 Å². The number of nitrogens with zero attached hydrogens (tertiary/aromatic N) is 1. The van der Waals surface area contributed by atoms with Crippen LogP contribution < -0.4 is 11.5 Å². The number of Topliss-reactive ketones (excluding diaryl/α,β-unsaturated/α-hetero) is 1. The summed E-state index contributed by atoms with van der Waals surface area (Å²) in [6.07, 6.45) is 2.42. The van der Waals surface area contributed by atoms with Crippen LogP contribution in [0.5, 0.6) is 0 Å². The largest absolute Gasteiger partial charge is 0.456 e. The zero-order chi connectivity index (χ0) is 23.9. The van der Waals surface area contributed by atoms with Gasteiger partial charge in [-0.2, -0.15) is 0 Å². The van der Waals surface area contributed by atoms with Gasteiger partial charge in [-0.3, -0.25) is 14.4 Å². The van der Waals surface area contributed by atoms with Crippen molar-refractivity contribution in [2.75, 3.05) is 12.3 Å². The number of ether oxygens (including phenoxy) is 1. The first-order valence-corrected chi connectivity index (χ1v) is 11.2. The predicted molar refractivity (Wildman–Crippen MR) is 120 cm³/mol. The number of nitrogen functional groups attached to an aromatic ring is 1. The monoisotopic (exact) mass is 491 g/mol. The number of halogens is 2. The van der Waals surface area contributed by atoms with Crippen LogP contribution >= 0.6 is 22.9 Å². The second-order valence-corrected chi connectivity index (χ2v) is 9.24. The molecule has 1 aromatic heterocycles. The quantitative estimate of drug-likeness (QED) is 0.362. The van der Waals surface area contributed by atoms with Crippen molar-refractivity contribution < 1.29 is 28.3 Å². The number of rotatable bonds is 6. The average molecular weight is 492 g/mol. The Bertz CT molecular complexity index is 1210. The van der Waals surface area contributed by atoms with E-state index in [4.69, 9.17) is 27.8 Å². The molecule has 8 nitrogen and oxygen atoms in total. The van der Waals surface area contributed by atoms with E-state index in [-0.39, 0.29) is 32.1 Å². The first-order chi connectivity index (χ1) is 15.7. The van der Waals surface area contributed by atoms with Crippen molar-refractivity contribution in [2.24, 2.45) is 5.73 Å². The molecule has 0 radical (unpaired) electrons. The third-order valence-corrected chi connectivity index (χ3v) is 7.13. The summed E-state index contributed by atoms with van der Waals surface area (Å²) in [5.41, 5.74) is 11.8. The molecule has 0 bridgehead atoms. The molecule has 172 valence electrons. The van der Waals surface area contributed by atoms with Gasteiger partial charge in [0.1, 0.15) is 6.04 Å². The van der Waals surface area contributed by atoms with E-state index < -0.39 is 42.0 Å². The first kappa shape index (κ1) is 22.9. The zero-order valence-corrected chi connectivity index (χ0v) is 18.7. The number of thiophene rings is 1. The summed E-state index contributed by atoms with van der Waals surface area (Å²) in [6.45, 7) is -0.522. The summed E-state index contributed by atoms with van der Waals surface area (Å²) < 4.78 is 19.7. The van der Waals surface area contributed by atoms with Gasteiger partial charge < -0.3 is 21.1 Å². The molecule has 2 atom stereocenters. The van der Waals surface area contributed by atoms with E-state index in [1.165, 1.54) is 35.2 Å². The van der Waals surface area contributed by atoms with Gasteiger partial charge in [-0.05, 0) is 49.1 Å². The summed E-state index contributed by atoms with van der Waals surface area (Å²) >= 11 is 6.79. The Labute approximate surface area is 196 Å². The van der Waals surface area contributed by atoms with E-state index in [1.54, 1.807) is 0 Å². The van der Waals surface area contributed by atoms with Gasteiger partial charge in [-0.1, -0.05) is 11.6 Å². The van der Waals surface area contributed by atoms with Crippen LogP contribution in [0.3, 0.4) is 0 Å². The van der Waals surface area contributed by atoms with Crippen molar-refractivity contribution in [2.45, 2.75) is 31.3 Å². The molecule has 2 aromatic rings. The second kappa shape index (κ2) is 8.95. The number of amides is 2. The van der Waals surface area contributed by atoms with Crippen LogP contribution in [0.2, 0.25) is 5.02 Å². The number of benzene rings is 1. The van der Waals surface area contributed by atoms with Crippen LogP contribution in [0.25, 0.3) is 5.57 Å². The maximum Gasteiger partial charge on any atom is 0.329 e. The number of carbonyl (C=O) groups is 4. The molecule has 1 saturated heterocycles. The molecular formula is C22H19ClFN3O5S. The van der Waals surface area contributed by atoms with Crippen molar-refractivity contribution in [3.63, 3.8) is 0 Å². The third kappa shape index (κ3) is 4.36. The summed E-state index contributed by atoms with van der Waals surface area (Å²) in [5, 5.41) is -0.0961. The average Bonchev–Trinajstić information content (AvgIpc) is 3.43. The van der Waals surface area contributed by atoms with Crippen LogP contribution in [0.15, 0.2) is 30.3 Å². The lowest BCUT2D eigenvalue weighted by atomic mass is 9.92. The maximum absolute atomic E-state index is 14.6. The lowest BCUT2D eigenvalue weighted by molar-refractivity contribution is -0.152. The van der Waals surface area contributed by atoms with Crippen LogP contribution in [-0.4, -0.2) is 47.2 Å². The number of anilines is 1. The highest BCUT2D eigenvalue weighted by Crippen LogP contribution is 2.39. The Morgan fingerprint density at radius 2 is 1.91 bits per heavy atom. The van der Waals surface area contributed by atoms with E-state index >= 15 is 0 Å². The SMILES string of the molecule is NC(=O)c1ccc(C(=O)COC(=O)[C@@H]2CC[C@@H]3CC(c4c(N)ccc(Cl)c4F)=CC(=O)N32)s1. The van der Waals surface area contributed by atoms with E-state index in [1.807, 2.05) is 0 Å². The number of primary amides is 1. The lowest BCUT2D eigenvalue weighted by Crippen LogP contribution is -2.47. The highest BCUT2D eigenvalue weighted by atomic mass is 35.5. The molecule has 1 aromatic carbocycles. The normalized spacial score (nSPS) is 19.8. The molecule has 2 aliphatic heterocycles. The molecule has 0 unspecified atom stereocenters. The third-order valence-electron chi connectivity index (χ3n) is 5.70. The Balaban J connectivity index is 1.45. The standard InChI is InChI=1S/C22H19ClFN3O5S/c23-12-2-3-13(25)19(20(12)24)10-7-11-1-4-14(27(11)18(29)8-10)22(31)32-9-15(28)16-5-6-17(33-16)21(26)30/h2-3,5-6,8,11,14H,1,4,7,9,25H2,(H2,26,30)/t11-,14+/m1/s1. The predicted octanol–water partition coefficient (Wildman–Crippen LogP) is 2.79. The number of hydrogen-bond acceptors (Lipinski definition) is 7. The van der Waals surface area contributed by atoms with Gasteiger partial charge in [0.2, 0.25) is 11.7 Å². The van der Waals surface area contributed by atoms with Gasteiger partial charge in [0.25, 0.3) is 5.91 Å². The lowest BCUT2D eigenvalue weighted by Gasteiger charge is -2.33. The molecule has 0 saturated carbocycles. The van der Waals surface area contributed by atoms with Gasteiger partial charge in [-0.15, -0.1) is 11.3 Å². The van der Waals surface area contributed by atoms with Crippen molar-refractivity contribution >= 4 is 57.8 Å². The highest BCUT2D eigenvalue weighted by molar-refractivity contribution is 7.16. The Hall–Kier alpha value is -3.24. The molecule has 2 aliphatic rings. The fourth-order valence-corrected chi connectivity index (χ4v) is 5.11. The maximum atomic E-state index is 14.6. The number of hydrogen-bond donors (Lipinski definition) is 2. The molecule has 4 rings (SSSR count). The summed E-state index contributed by atoms with van der Waals surface area (Å²) in [4.78, 5) is 50.8. The summed E-state index contributed by atoms with van der Waals surface area (Å²) in [5.74, 6) is -2.98. The Morgan fingerprint density at radius 3 is 2.61 bits per heavy atom. The van der Waals surface area contributed by atoms with Crippen molar-refractivity contribution in [3.8, 4) is 0 Å². The molecule has 4 N–H and O–H groups in total. The van der Waals surface area contributed by atoms with Gasteiger partial charge in [0, 0.05) is 23.4 Å². The van der Waals surface area contributed by atoms with Crippen molar-refractivity contribution in [1.29, 1.82) is 0 Å². The molecule has 33 heavy (non-hydrogen) atoms. The minimum Gasteiger partial charge on any atom is -0.456 e. The van der Waals surface area contributed by atoms with Gasteiger partial charge >= 0.3 is 5.97 Å². The van der Waals surface area contributed by atoms with Crippen LogP contribution in [0.1, 0.15) is 44.2 Å². The Kier molecular flexibility index (Phi) is 6.22. The molecule has 11 heteroatoms. The highest BCUT2D eigenvalue weighted by Gasteiger charge is 2.44. The van der Waals surface area contributed by atoms with Crippen LogP contribution in [-0.2, 0) is 14.3 Å². The molecule has 2 amide bonds. The van der Waals surface area contributed by atoms with Crippen molar-refractivity contribution in [1.82, 2.24) is 4.90 Å². The van der Waals surface area contributed by atoms with E-state index in [2.05, 4.69) is 0 Å². The van der Waals surface area contributed by atoms with E-state index in [0.29, 0.717) is 24.8 Å². The number of carbonyl (C=O) groups excluding carboxylic acids is 4. The summed E-state index contributed by atoms with van der Waals surface area (Å²) in [6, 6.07) is 4.51. The number of nitrogens with two attached hydrogens (primary N) is 2. The summed E-state index contributed by atoms with van der Waals surface area (Å²) in [7, 11) is 0. The number of esters is 1. The van der Waals surface area contributed by atoms with Crippen LogP contribution in [0, 0.1) is 5.82 Å². The van der Waals surface area contributed by atoms with Gasteiger partial charge in [0.15, 0.2) is 12.4 Å². The minimum absolute atomic E-state index is 0.0957. The van der Waals surface area contributed by atoms with E-state index in [9.17, 15) is 23.6 Å². The fourth-order valence-electron chi connectivity index (χ4n) is 4.17. The number of ketones is 1. The fraction of sp³-hybridized carbons (Fsp3) is 0.273. The Morgan fingerprint density at radius 1 is 1.18 bits per heavy atom. The van der Waals surface area contributed by atoms with Gasteiger partial charge in [0.05, 0.1) is 14.8 Å². The molecule has 0 aliphatic carbocycles. The van der Waals surface area contributed by atoms with Crippen LogP contribution in [0.4, 0.5) is 10.1 Å². The smallest absolute Gasteiger partial charge is 0.329 e. The minimum atomic E-state index is -0.848. The van der Waals surface area contributed by atoms with E-state index in [0.717, 1.165) is 11.3 Å². The second-order valence-electron chi connectivity index (χ2n) is 7.75. The zero-order valence-electron chi connectivity index (χ0n) is 17.2. The molecule has 3 heterocycles. The van der Waals surface area contributed by atoms with Crippen molar-refractivity contribution in [3.05, 3.63) is 56.5 Å². The molecule has 1 fully saturated rings. The molecular weight excluding hydrogens is 473 g/mol.